The van der Waals surface area contributed by atoms with Crippen molar-refractivity contribution >= 4 is 33.2 Å². The number of hydrogen-bond donors (Lipinski definition) is 2. The van der Waals surface area contributed by atoms with Crippen LogP contribution in [0.2, 0.25) is 0 Å². The van der Waals surface area contributed by atoms with Crippen molar-refractivity contribution in [2.45, 2.75) is 29.4 Å². The Bertz CT molecular complexity index is 633. The van der Waals surface area contributed by atoms with Gasteiger partial charge >= 0.3 is 0 Å². The first kappa shape index (κ1) is 15.1. The second-order valence-corrected chi connectivity index (χ2v) is 6.40. The standard InChI is InChI=1S/C11H11ClF2N2O3S/c12-10(14)11(17)15-7-3-4-8(13)9(5-7)20(18,19)16-6-1-2-6/h3-6,10,16H,1-2H2,(H,15,17). The summed E-state index contributed by atoms with van der Waals surface area (Å²) in [5, 5.41) is 2.05. The predicted molar refractivity (Wildman–Crippen MR) is 69.1 cm³/mol. The van der Waals surface area contributed by atoms with Gasteiger partial charge in [-0.1, -0.05) is 11.6 Å². The zero-order valence-corrected chi connectivity index (χ0v) is 11.6. The fourth-order valence-electron chi connectivity index (χ4n) is 1.47. The van der Waals surface area contributed by atoms with Crippen LogP contribution in [-0.4, -0.2) is 26.0 Å². The van der Waals surface area contributed by atoms with Gasteiger partial charge in [0, 0.05) is 11.7 Å². The van der Waals surface area contributed by atoms with Crippen LogP contribution in [0.5, 0.6) is 0 Å². The average Bonchev–Trinajstić information content (AvgIpc) is 3.14. The molecule has 0 saturated heterocycles. The van der Waals surface area contributed by atoms with Crippen molar-refractivity contribution in [3.63, 3.8) is 0 Å². The summed E-state index contributed by atoms with van der Waals surface area (Å²) in [7, 11) is -4.01. The fraction of sp³-hybridized carbons (Fsp3) is 0.364. The summed E-state index contributed by atoms with van der Waals surface area (Å²) in [5.74, 6) is -2.12. The van der Waals surface area contributed by atoms with Gasteiger partial charge in [0.25, 0.3) is 11.5 Å². The van der Waals surface area contributed by atoms with Gasteiger partial charge in [-0.2, -0.15) is 0 Å². The van der Waals surface area contributed by atoms with Gasteiger partial charge in [0.1, 0.15) is 10.7 Å². The van der Waals surface area contributed by atoms with Crippen LogP contribution in [0, 0.1) is 5.82 Å². The molecule has 2 N–H and O–H groups in total. The molecule has 1 unspecified atom stereocenters. The number of amides is 1. The summed E-state index contributed by atoms with van der Waals surface area (Å²) >= 11 is 4.93. The largest absolute Gasteiger partial charge is 0.322 e. The number of carbonyl (C=O) groups excluding carboxylic acids is 1. The maximum Gasteiger partial charge on any atom is 0.274 e. The van der Waals surface area contributed by atoms with Gasteiger partial charge in [-0.15, -0.1) is 0 Å². The first-order chi connectivity index (χ1) is 9.29. The summed E-state index contributed by atoms with van der Waals surface area (Å²) in [6.07, 6.45) is 1.40. The molecule has 1 atom stereocenters. The van der Waals surface area contributed by atoms with Gasteiger partial charge in [0.15, 0.2) is 0 Å². The normalized spacial score (nSPS) is 16.8. The molecule has 0 bridgehead atoms. The lowest BCUT2D eigenvalue weighted by Gasteiger charge is -2.10. The number of anilines is 1. The Morgan fingerprint density at radius 2 is 2.05 bits per heavy atom. The van der Waals surface area contributed by atoms with E-state index >= 15 is 0 Å². The number of nitrogens with one attached hydrogen (secondary N) is 2. The van der Waals surface area contributed by atoms with Gasteiger partial charge in [0.2, 0.25) is 10.0 Å². The summed E-state index contributed by atoms with van der Waals surface area (Å²) in [6.45, 7) is 0. The molecule has 1 saturated carbocycles. The van der Waals surface area contributed by atoms with Crippen LogP contribution in [0.15, 0.2) is 23.1 Å². The van der Waals surface area contributed by atoms with Crippen LogP contribution >= 0.6 is 11.6 Å². The van der Waals surface area contributed by atoms with Crippen LogP contribution < -0.4 is 10.0 Å². The lowest BCUT2D eigenvalue weighted by atomic mass is 10.3. The van der Waals surface area contributed by atoms with Crippen molar-refractivity contribution < 1.29 is 22.0 Å². The van der Waals surface area contributed by atoms with Crippen molar-refractivity contribution in [1.82, 2.24) is 4.72 Å². The molecular formula is C11H11ClF2N2O3S. The zero-order chi connectivity index (χ0) is 14.9. The molecule has 1 aliphatic rings. The Morgan fingerprint density at radius 1 is 1.40 bits per heavy atom. The van der Waals surface area contributed by atoms with E-state index < -0.39 is 32.3 Å². The monoisotopic (exact) mass is 324 g/mol. The predicted octanol–water partition coefficient (Wildman–Crippen LogP) is 1.74. The van der Waals surface area contributed by atoms with Crippen molar-refractivity contribution in [2.24, 2.45) is 0 Å². The molecule has 0 aliphatic heterocycles. The van der Waals surface area contributed by atoms with E-state index in [0.717, 1.165) is 18.2 Å². The highest BCUT2D eigenvalue weighted by atomic mass is 35.5. The second-order valence-electron chi connectivity index (χ2n) is 4.33. The molecule has 1 amide bonds. The number of hydrogen-bond acceptors (Lipinski definition) is 3. The Morgan fingerprint density at radius 3 is 2.60 bits per heavy atom. The molecule has 5 nitrogen and oxygen atoms in total. The van der Waals surface area contributed by atoms with Crippen LogP contribution in [0.1, 0.15) is 12.8 Å². The summed E-state index contributed by atoms with van der Waals surface area (Å²) < 4.78 is 52.3. The van der Waals surface area contributed by atoms with E-state index in [1.165, 1.54) is 0 Å². The highest BCUT2D eigenvalue weighted by Gasteiger charge is 2.30. The van der Waals surface area contributed by atoms with E-state index in [-0.39, 0.29) is 11.7 Å². The molecule has 110 valence electrons. The molecule has 1 aromatic carbocycles. The summed E-state index contributed by atoms with van der Waals surface area (Å²) in [6, 6.07) is 2.72. The number of benzene rings is 1. The Hall–Kier alpha value is -1.25. The zero-order valence-electron chi connectivity index (χ0n) is 10.1. The molecule has 20 heavy (non-hydrogen) atoms. The number of carbonyl (C=O) groups is 1. The summed E-state index contributed by atoms with van der Waals surface area (Å²) in [4.78, 5) is 10.5. The van der Waals surface area contributed by atoms with Gasteiger partial charge in [-0.05, 0) is 31.0 Å². The smallest absolute Gasteiger partial charge is 0.274 e. The maximum atomic E-state index is 13.6. The molecule has 1 aromatic rings. The quantitative estimate of drug-likeness (QED) is 0.810. The minimum Gasteiger partial charge on any atom is -0.322 e. The van der Waals surface area contributed by atoms with Crippen molar-refractivity contribution in [3.8, 4) is 0 Å². The maximum absolute atomic E-state index is 13.6. The minimum atomic E-state index is -4.01. The van der Waals surface area contributed by atoms with E-state index in [9.17, 15) is 22.0 Å². The first-order valence-corrected chi connectivity index (χ1v) is 7.62. The molecule has 1 aliphatic carbocycles. The summed E-state index contributed by atoms with van der Waals surface area (Å²) in [5.41, 5.74) is -2.33. The second kappa shape index (κ2) is 5.63. The molecule has 0 radical (unpaired) electrons. The van der Waals surface area contributed by atoms with E-state index in [0.29, 0.717) is 12.8 Å². The molecule has 0 aromatic heterocycles. The third-order valence-corrected chi connectivity index (χ3v) is 4.32. The third-order valence-electron chi connectivity index (χ3n) is 2.59. The topological polar surface area (TPSA) is 75.3 Å². The van der Waals surface area contributed by atoms with Gasteiger partial charge in [0.05, 0.1) is 0 Å². The Kier molecular flexibility index (Phi) is 4.26. The molecular weight excluding hydrogens is 314 g/mol. The van der Waals surface area contributed by atoms with Crippen LogP contribution in [-0.2, 0) is 14.8 Å². The average molecular weight is 325 g/mol. The van der Waals surface area contributed by atoms with E-state index in [1.807, 2.05) is 5.32 Å². The number of sulfonamides is 1. The van der Waals surface area contributed by atoms with Crippen LogP contribution in [0.4, 0.5) is 14.5 Å². The Labute approximate surface area is 119 Å². The number of halogens is 3. The number of rotatable bonds is 5. The molecule has 0 heterocycles. The molecule has 2 rings (SSSR count). The number of alkyl halides is 2. The van der Waals surface area contributed by atoms with Gasteiger partial charge in [-0.25, -0.2) is 21.9 Å². The first-order valence-electron chi connectivity index (χ1n) is 5.70. The fourth-order valence-corrected chi connectivity index (χ4v) is 2.93. The van der Waals surface area contributed by atoms with Gasteiger partial charge in [-0.3, -0.25) is 4.79 Å². The van der Waals surface area contributed by atoms with Crippen LogP contribution in [0.25, 0.3) is 0 Å². The highest BCUT2D eigenvalue weighted by Crippen LogP contribution is 2.25. The molecule has 1 fully saturated rings. The Balaban J connectivity index is 2.26. The lowest BCUT2D eigenvalue weighted by Crippen LogP contribution is -2.27. The lowest BCUT2D eigenvalue weighted by molar-refractivity contribution is -0.118. The SMILES string of the molecule is O=C(Nc1ccc(F)c(S(=O)(=O)NC2CC2)c1)C(F)Cl. The van der Waals surface area contributed by atoms with Crippen molar-refractivity contribution in [3.05, 3.63) is 24.0 Å². The van der Waals surface area contributed by atoms with Gasteiger partial charge < -0.3 is 5.32 Å². The van der Waals surface area contributed by atoms with Crippen molar-refractivity contribution in [1.29, 1.82) is 0 Å². The molecule has 0 spiro atoms. The van der Waals surface area contributed by atoms with E-state index in [2.05, 4.69) is 4.72 Å². The minimum absolute atomic E-state index is 0.0594. The van der Waals surface area contributed by atoms with E-state index in [1.54, 1.807) is 0 Å². The van der Waals surface area contributed by atoms with Crippen LogP contribution in [0.3, 0.4) is 0 Å². The highest BCUT2D eigenvalue weighted by molar-refractivity contribution is 7.89. The third kappa shape index (κ3) is 3.65. The van der Waals surface area contributed by atoms with Crippen molar-refractivity contribution in [2.75, 3.05) is 5.32 Å². The molecule has 9 heteroatoms. The van der Waals surface area contributed by atoms with E-state index in [4.69, 9.17) is 11.6 Å².